The second kappa shape index (κ2) is 5.73. The van der Waals surface area contributed by atoms with Gasteiger partial charge in [0.25, 0.3) is 0 Å². The Labute approximate surface area is 137 Å². The van der Waals surface area contributed by atoms with E-state index in [-0.39, 0.29) is 0 Å². The molecule has 0 fully saturated rings. The molecular weight excluding hydrogens is 306 g/mol. The van der Waals surface area contributed by atoms with E-state index < -0.39 is 0 Å². The molecule has 0 atom stereocenters. The van der Waals surface area contributed by atoms with Crippen molar-refractivity contribution in [1.29, 1.82) is 0 Å². The molecule has 4 heterocycles. The normalized spacial score (nSPS) is 10.8. The first-order valence-electron chi connectivity index (χ1n) is 7.15. The predicted molar refractivity (Wildman–Crippen MR) is 92.9 cm³/mol. The Morgan fingerprint density at radius 1 is 1.00 bits per heavy atom. The first-order chi connectivity index (χ1) is 11.3. The van der Waals surface area contributed by atoms with Crippen LogP contribution in [0.3, 0.4) is 0 Å². The van der Waals surface area contributed by atoms with Gasteiger partial charge in [-0.2, -0.15) is 0 Å². The molecule has 5 nitrogen and oxygen atoms in total. The third-order valence-electron chi connectivity index (χ3n) is 3.35. The van der Waals surface area contributed by atoms with E-state index in [1.54, 1.807) is 23.7 Å². The van der Waals surface area contributed by atoms with Crippen molar-refractivity contribution in [3.63, 3.8) is 0 Å². The van der Waals surface area contributed by atoms with E-state index >= 15 is 0 Å². The van der Waals surface area contributed by atoms with Gasteiger partial charge in [-0.3, -0.25) is 4.98 Å². The van der Waals surface area contributed by atoms with Gasteiger partial charge >= 0.3 is 0 Å². The summed E-state index contributed by atoms with van der Waals surface area (Å²) in [6.07, 6.45) is 5.34. The van der Waals surface area contributed by atoms with Gasteiger partial charge < -0.3 is 5.32 Å². The molecule has 0 unspecified atom stereocenters. The molecule has 4 rings (SSSR count). The molecule has 1 N–H and O–H groups in total. The van der Waals surface area contributed by atoms with E-state index in [1.807, 2.05) is 49.5 Å². The number of hydrogen-bond acceptors (Lipinski definition) is 6. The Kier molecular flexibility index (Phi) is 3.44. The predicted octanol–water partition coefficient (Wildman–Crippen LogP) is 4.20. The van der Waals surface area contributed by atoms with E-state index in [1.165, 1.54) is 0 Å². The van der Waals surface area contributed by atoms with Gasteiger partial charge in [0.05, 0.1) is 22.5 Å². The summed E-state index contributed by atoms with van der Waals surface area (Å²) in [4.78, 5) is 18.5. The minimum Gasteiger partial charge on any atom is -0.330 e. The third-order valence-corrected chi connectivity index (χ3v) is 4.29. The summed E-state index contributed by atoms with van der Waals surface area (Å²) >= 11 is 1.57. The second-order valence-corrected chi connectivity index (χ2v) is 6.12. The fourth-order valence-corrected chi connectivity index (χ4v) is 3.09. The molecule has 4 aromatic heterocycles. The van der Waals surface area contributed by atoms with Crippen LogP contribution in [-0.4, -0.2) is 19.9 Å². The SMILES string of the molecule is Cc1cccc(-c2cnc(Nc3cnc4ncccc4c3)s2)n1. The summed E-state index contributed by atoms with van der Waals surface area (Å²) in [6, 6.07) is 11.9. The fourth-order valence-electron chi connectivity index (χ4n) is 2.29. The molecule has 6 heteroatoms. The quantitative estimate of drug-likeness (QED) is 0.613. The van der Waals surface area contributed by atoms with Crippen LogP contribution in [0.2, 0.25) is 0 Å². The minimum atomic E-state index is 0.738. The van der Waals surface area contributed by atoms with Crippen molar-refractivity contribution in [3.8, 4) is 10.6 Å². The number of aryl methyl sites for hydroxylation is 1. The van der Waals surface area contributed by atoms with Gasteiger partial charge in [0.15, 0.2) is 10.8 Å². The van der Waals surface area contributed by atoms with Gasteiger partial charge in [0.2, 0.25) is 0 Å². The van der Waals surface area contributed by atoms with Crippen molar-refractivity contribution in [2.75, 3.05) is 5.32 Å². The summed E-state index contributed by atoms with van der Waals surface area (Å²) in [5.41, 5.74) is 3.57. The average Bonchev–Trinajstić information content (AvgIpc) is 3.03. The smallest absolute Gasteiger partial charge is 0.187 e. The van der Waals surface area contributed by atoms with Gasteiger partial charge in [-0.05, 0) is 37.3 Å². The lowest BCUT2D eigenvalue weighted by Gasteiger charge is -2.03. The van der Waals surface area contributed by atoms with E-state index in [2.05, 4.69) is 25.3 Å². The molecule has 0 radical (unpaired) electrons. The maximum atomic E-state index is 4.53. The van der Waals surface area contributed by atoms with Crippen molar-refractivity contribution >= 4 is 33.2 Å². The highest BCUT2D eigenvalue weighted by Gasteiger charge is 2.07. The maximum Gasteiger partial charge on any atom is 0.187 e. The first kappa shape index (κ1) is 13.8. The number of hydrogen-bond donors (Lipinski definition) is 1. The van der Waals surface area contributed by atoms with Crippen LogP contribution < -0.4 is 5.32 Å². The molecule has 4 aromatic rings. The molecule has 0 amide bonds. The number of thiazole rings is 1. The Morgan fingerprint density at radius 3 is 2.87 bits per heavy atom. The Hall–Kier alpha value is -2.86. The summed E-state index contributed by atoms with van der Waals surface area (Å²) in [5, 5.41) is 5.10. The number of nitrogens with zero attached hydrogens (tertiary/aromatic N) is 4. The van der Waals surface area contributed by atoms with Crippen molar-refractivity contribution < 1.29 is 0 Å². The molecular formula is C17H13N5S. The van der Waals surface area contributed by atoms with Crippen LogP contribution in [0.15, 0.2) is 55.0 Å². The third kappa shape index (κ3) is 2.89. The topological polar surface area (TPSA) is 63.6 Å². The van der Waals surface area contributed by atoms with E-state index in [4.69, 9.17) is 0 Å². The number of rotatable bonds is 3. The van der Waals surface area contributed by atoms with Crippen LogP contribution >= 0.6 is 11.3 Å². The lowest BCUT2D eigenvalue weighted by Crippen LogP contribution is -1.91. The molecule has 0 spiro atoms. The number of anilines is 2. The molecule has 0 aliphatic carbocycles. The van der Waals surface area contributed by atoms with Gasteiger partial charge in [0.1, 0.15) is 0 Å². The van der Waals surface area contributed by atoms with E-state index in [0.29, 0.717) is 0 Å². The summed E-state index contributed by atoms with van der Waals surface area (Å²) < 4.78 is 0. The highest BCUT2D eigenvalue weighted by molar-refractivity contribution is 7.18. The number of nitrogens with one attached hydrogen (secondary N) is 1. The van der Waals surface area contributed by atoms with Gasteiger partial charge in [0, 0.05) is 23.5 Å². The van der Waals surface area contributed by atoms with Crippen molar-refractivity contribution in [2.24, 2.45) is 0 Å². The number of aromatic nitrogens is 4. The van der Waals surface area contributed by atoms with Crippen LogP contribution in [0.1, 0.15) is 5.69 Å². The van der Waals surface area contributed by atoms with Crippen LogP contribution in [-0.2, 0) is 0 Å². The molecule has 0 saturated heterocycles. The molecule has 112 valence electrons. The average molecular weight is 319 g/mol. The van der Waals surface area contributed by atoms with Crippen molar-refractivity contribution in [3.05, 3.63) is 60.7 Å². The molecule has 23 heavy (non-hydrogen) atoms. The van der Waals surface area contributed by atoms with Crippen molar-refractivity contribution in [2.45, 2.75) is 6.92 Å². The number of pyridine rings is 3. The summed E-state index contributed by atoms with van der Waals surface area (Å²) in [5.74, 6) is 0. The van der Waals surface area contributed by atoms with Crippen LogP contribution in [0, 0.1) is 6.92 Å². The molecule has 0 bridgehead atoms. The highest BCUT2D eigenvalue weighted by Crippen LogP contribution is 2.29. The van der Waals surface area contributed by atoms with E-state index in [0.717, 1.165) is 38.1 Å². The van der Waals surface area contributed by atoms with E-state index in [9.17, 15) is 0 Å². The molecule has 0 aliphatic heterocycles. The standard InChI is InChI=1S/C17H13N5S/c1-11-4-2-6-14(21-11)15-10-20-17(23-15)22-13-8-12-5-3-7-18-16(12)19-9-13/h2-10H,1H3,(H,20,22). The lowest BCUT2D eigenvalue weighted by atomic mass is 10.3. The largest absolute Gasteiger partial charge is 0.330 e. The monoisotopic (exact) mass is 319 g/mol. The zero-order chi connectivity index (χ0) is 15.6. The summed E-state index contributed by atoms with van der Waals surface area (Å²) in [6.45, 7) is 1.98. The van der Waals surface area contributed by atoms with Gasteiger partial charge in [-0.15, -0.1) is 0 Å². The fraction of sp³-hybridized carbons (Fsp3) is 0.0588. The lowest BCUT2D eigenvalue weighted by molar-refractivity contribution is 1.21. The van der Waals surface area contributed by atoms with Gasteiger partial charge in [-0.1, -0.05) is 17.4 Å². The Balaban J connectivity index is 1.61. The maximum absolute atomic E-state index is 4.53. The molecule has 0 saturated carbocycles. The summed E-state index contributed by atoms with van der Waals surface area (Å²) in [7, 11) is 0. The molecule has 0 aromatic carbocycles. The van der Waals surface area contributed by atoms with Crippen LogP contribution in [0.5, 0.6) is 0 Å². The van der Waals surface area contributed by atoms with Gasteiger partial charge in [-0.25, -0.2) is 15.0 Å². The Bertz CT molecular complexity index is 979. The Morgan fingerprint density at radius 2 is 1.96 bits per heavy atom. The van der Waals surface area contributed by atoms with Crippen molar-refractivity contribution in [1.82, 2.24) is 19.9 Å². The highest BCUT2D eigenvalue weighted by atomic mass is 32.1. The zero-order valence-corrected chi connectivity index (χ0v) is 13.2. The van der Waals surface area contributed by atoms with Crippen LogP contribution in [0.4, 0.5) is 10.8 Å². The minimum absolute atomic E-state index is 0.738. The first-order valence-corrected chi connectivity index (χ1v) is 7.97. The zero-order valence-electron chi connectivity index (χ0n) is 12.4. The van der Waals surface area contributed by atoms with Crippen LogP contribution in [0.25, 0.3) is 21.6 Å². The number of fused-ring (bicyclic) bond motifs is 1. The second-order valence-electron chi connectivity index (χ2n) is 5.09. The molecule has 0 aliphatic rings.